The van der Waals surface area contributed by atoms with Crippen LogP contribution in [-0.2, 0) is 26.2 Å². The number of nitrogens with zero attached hydrogens (tertiary/aromatic N) is 2. The minimum Gasteiger partial charge on any atom is -0.355 e. The summed E-state index contributed by atoms with van der Waals surface area (Å²) in [5.41, 5.74) is 2.24. The fourth-order valence-corrected chi connectivity index (χ4v) is 4.37. The molecule has 33 heavy (non-hydrogen) atoms. The second-order valence-corrected chi connectivity index (χ2v) is 9.90. The second-order valence-electron chi connectivity index (χ2n) is 7.99. The number of benzene rings is 2. The average molecular weight is 478 g/mol. The second kappa shape index (κ2) is 11.8. The fraction of sp³-hybridized carbons (Fsp3) is 0.417. The Morgan fingerprint density at radius 3 is 2.21 bits per heavy atom. The molecule has 0 saturated heterocycles. The molecule has 2 aromatic rings. The van der Waals surface area contributed by atoms with Crippen molar-refractivity contribution in [1.82, 2.24) is 10.2 Å². The van der Waals surface area contributed by atoms with Crippen molar-refractivity contribution in [2.75, 3.05) is 23.7 Å². The van der Waals surface area contributed by atoms with Crippen LogP contribution in [0, 0.1) is 12.7 Å². The van der Waals surface area contributed by atoms with Crippen LogP contribution in [0.1, 0.15) is 37.8 Å². The number of anilines is 1. The molecule has 0 aliphatic heterocycles. The van der Waals surface area contributed by atoms with E-state index in [1.54, 1.807) is 38.1 Å². The molecule has 0 aliphatic rings. The summed E-state index contributed by atoms with van der Waals surface area (Å²) in [6, 6.07) is 12.2. The first kappa shape index (κ1) is 26.3. The Bertz CT molecular complexity index is 1040. The third-order valence-electron chi connectivity index (χ3n) is 5.26. The topological polar surface area (TPSA) is 86.8 Å². The molecule has 1 atom stereocenters. The molecule has 0 saturated carbocycles. The number of aryl methyl sites for hydroxylation is 1. The summed E-state index contributed by atoms with van der Waals surface area (Å²) in [4.78, 5) is 26.9. The lowest BCUT2D eigenvalue weighted by Crippen LogP contribution is -2.47. The van der Waals surface area contributed by atoms with Crippen LogP contribution in [-0.4, -0.2) is 50.5 Å². The van der Waals surface area contributed by atoms with E-state index in [0.29, 0.717) is 17.8 Å². The lowest BCUT2D eigenvalue weighted by molar-refractivity contribution is -0.140. The molecule has 1 unspecified atom stereocenters. The van der Waals surface area contributed by atoms with E-state index in [4.69, 9.17) is 0 Å². The molecule has 2 aromatic carbocycles. The largest absolute Gasteiger partial charge is 0.355 e. The van der Waals surface area contributed by atoms with Gasteiger partial charge in [0.1, 0.15) is 11.9 Å². The van der Waals surface area contributed by atoms with Crippen molar-refractivity contribution >= 4 is 27.5 Å². The summed E-state index contributed by atoms with van der Waals surface area (Å²) in [6.45, 7) is 6.06. The van der Waals surface area contributed by atoms with Gasteiger partial charge in [-0.05, 0) is 57.0 Å². The zero-order valence-electron chi connectivity index (χ0n) is 19.5. The monoisotopic (exact) mass is 477 g/mol. The lowest BCUT2D eigenvalue weighted by Gasteiger charge is -2.29. The van der Waals surface area contributed by atoms with Gasteiger partial charge in [-0.2, -0.15) is 0 Å². The Labute approximate surface area is 195 Å². The van der Waals surface area contributed by atoms with Crippen LogP contribution in [0.4, 0.5) is 10.1 Å². The molecular weight excluding hydrogens is 445 g/mol. The molecule has 0 fully saturated rings. The number of rotatable bonds is 11. The third-order valence-corrected chi connectivity index (χ3v) is 6.45. The van der Waals surface area contributed by atoms with Crippen LogP contribution in [0.2, 0.25) is 0 Å². The molecule has 0 spiro atoms. The van der Waals surface area contributed by atoms with Gasteiger partial charge in [0.2, 0.25) is 21.8 Å². The molecule has 0 bridgehead atoms. The number of amides is 2. The van der Waals surface area contributed by atoms with Crippen molar-refractivity contribution in [2.24, 2.45) is 0 Å². The van der Waals surface area contributed by atoms with Gasteiger partial charge in [0, 0.05) is 26.1 Å². The molecule has 2 amide bonds. The van der Waals surface area contributed by atoms with Crippen LogP contribution < -0.4 is 9.62 Å². The highest BCUT2D eigenvalue weighted by Gasteiger charge is 2.26. The summed E-state index contributed by atoms with van der Waals surface area (Å²) in [6.07, 6.45) is 1.47. The first-order valence-corrected chi connectivity index (χ1v) is 12.7. The number of hydrogen-bond donors (Lipinski definition) is 1. The Kier molecular flexibility index (Phi) is 9.40. The van der Waals surface area contributed by atoms with Gasteiger partial charge >= 0.3 is 0 Å². The van der Waals surface area contributed by atoms with Crippen LogP contribution in [0.25, 0.3) is 0 Å². The highest BCUT2D eigenvalue weighted by molar-refractivity contribution is 7.92. The van der Waals surface area contributed by atoms with E-state index in [9.17, 15) is 22.4 Å². The van der Waals surface area contributed by atoms with E-state index >= 15 is 0 Å². The number of hydrogen-bond acceptors (Lipinski definition) is 4. The lowest BCUT2D eigenvalue weighted by atomic mass is 10.1. The number of likely N-dealkylation sites (N-methyl/N-ethyl adjacent to an activating group) is 1. The number of carbonyl (C=O) groups excluding carboxylic acids is 2. The molecule has 1 N–H and O–H groups in total. The van der Waals surface area contributed by atoms with Gasteiger partial charge in [-0.3, -0.25) is 13.9 Å². The Morgan fingerprint density at radius 1 is 1.06 bits per heavy atom. The molecule has 2 rings (SSSR count). The van der Waals surface area contributed by atoms with Crippen molar-refractivity contribution < 1.29 is 22.4 Å². The molecule has 7 nitrogen and oxygen atoms in total. The molecule has 0 aliphatic carbocycles. The molecule has 0 radical (unpaired) electrons. The number of sulfonamides is 1. The number of halogens is 1. The molecule has 0 heterocycles. The smallest absolute Gasteiger partial charge is 0.242 e. The van der Waals surface area contributed by atoms with Gasteiger partial charge in [-0.25, -0.2) is 12.8 Å². The van der Waals surface area contributed by atoms with E-state index in [1.807, 2.05) is 19.1 Å². The fourth-order valence-electron chi connectivity index (χ4n) is 3.41. The maximum absolute atomic E-state index is 13.3. The van der Waals surface area contributed by atoms with Gasteiger partial charge in [-0.1, -0.05) is 29.8 Å². The molecule has 180 valence electrons. The average Bonchev–Trinajstić information content (AvgIpc) is 2.76. The summed E-state index contributed by atoms with van der Waals surface area (Å²) in [7, 11) is -3.53. The highest BCUT2D eigenvalue weighted by atomic mass is 32.2. The first-order chi connectivity index (χ1) is 15.5. The normalized spacial score (nSPS) is 12.2. The van der Waals surface area contributed by atoms with Crippen LogP contribution >= 0.6 is 0 Å². The minimum absolute atomic E-state index is 0.0584. The Hall–Kier alpha value is -2.94. The summed E-state index contributed by atoms with van der Waals surface area (Å²) in [5.74, 6) is -0.953. The van der Waals surface area contributed by atoms with E-state index < -0.39 is 16.1 Å². The van der Waals surface area contributed by atoms with E-state index in [-0.39, 0.29) is 43.6 Å². The van der Waals surface area contributed by atoms with Gasteiger partial charge in [0.05, 0.1) is 11.9 Å². The summed E-state index contributed by atoms with van der Waals surface area (Å²) in [5, 5.41) is 2.72. The van der Waals surface area contributed by atoms with E-state index in [0.717, 1.165) is 11.8 Å². The highest BCUT2D eigenvalue weighted by Crippen LogP contribution is 2.20. The minimum atomic E-state index is -3.53. The van der Waals surface area contributed by atoms with Crippen molar-refractivity contribution in [2.45, 2.75) is 46.2 Å². The summed E-state index contributed by atoms with van der Waals surface area (Å²) < 4.78 is 39.2. The Morgan fingerprint density at radius 2 is 1.67 bits per heavy atom. The predicted molar refractivity (Wildman–Crippen MR) is 128 cm³/mol. The van der Waals surface area contributed by atoms with Crippen LogP contribution in [0.5, 0.6) is 0 Å². The van der Waals surface area contributed by atoms with Gasteiger partial charge in [-0.15, -0.1) is 0 Å². The first-order valence-electron chi connectivity index (χ1n) is 10.9. The SMILES string of the molecule is CCNC(=O)C(C)N(Cc1ccc(F)cc1)C(=O)CCCN(c1ccc(C)cc1)S(C)(=O)=O. The maximum Gasteiger partial charge on any atom is 0.242 e. The van der Waals surface area contributed by atoms with Crippen LogP contribution in [0.3, 0.4) is 0 Å². The molecular formula is C24H32FN3O4S. The van der Waals surface area contributed by atoms with Crippen molar-refractivity contribution in [3.63, 3.8) is 0 Å². The standard InChI is InChI=1S/C24H32FN3O4S/c1-5-26-24(30)19(3)27(17-20-10-12-21(25)13-11-20)23(29)7-6-16-28(33(4,31)32)22-14-8-18(2)9-15-22/h8-15,19H,5-7,16-17H2,1-4H3,(H,26,30). The van der Waals surface area contributed by atoms with Gasteiger partial charge in [0.25, 0.3) is 0 Å². The third kappa shape index (κ3) is 7.85. The Balaban J connectivity index is 2.13. The van der Waals surface area contributed by atoms with Gasteiger partial charge < -0.3 is 10.2 Å². The van der Waals surface area contributed by atoms with E-state index in [1.165, 1.54) is 21.3 Å². The van der Waals surface area contributed by atoms with Crippen molar-refractivity contribution in [3.05, 3.63) is 65.5 Å². The quantitative estimate of drug-likeness (QED) is 0.538. The van der Waals surface area contributed by atoms with Crippen molar-refractivity contribution in [3.8, 4) is 0 Å². The number of carbonyl (C=O) groups is 2. The van der Waals surface area contributed by atoms with Crippen LogP contribution in [0.15, 0.2) is 48.5 Å². The molecule has 0 aromatic heterocycles. The molecule has 9 heteroatoms. The van der Waals surface area contributed by atoms with Gasteiger partial charge in [0.15, 0.2) is 0 Å². The predicted octanol–water partition coefficient (Wildman–Crippen LogP) is 3.23. The number of nitrogens with one attached hydrogen (secondary N) is 1. The summed E-state index contributed by atoms with van der Waals surface area (Å²) >= 11 is 0. The van der Waals surface area contributed by atoms with Crippen molar-refractivity contribution in [1.29, 1.82) is 0 Å². The zero-order chi connectivity index (χ0) is 24.6. The maximum atomic E-state index is 13.3. The van der Waals surface area contributed by atoms with E-state index in [2.05, 4.69) is 5.32 Å². The zero-order valence-corrected chi connectivity index (χ0v) is 20.4.